The molecule has 2 rings (SSSR count). The molecule has 19 heavy (non-hydrogen) atoms. The summed E-state index contributed by atoms with van der Waals surface area (Å²) in [5, 5.41) is 0. The summed E-state index contributed by atoms with van der Waals surface area (Å²) in [6, 6.07) is 10.0. The zero-order valence-electron chi connectivity index (χ0n) is 10.6. The van der Waals surface area contributed by atoms with Crippen molar-refractivity contribution in [1.29, 1.82) is 0 Å². The number of aliphatic imine (C=N–C) groups is 1. The number of amides is 1. The lowest BCUT2D eigenvalue weighted by molar-refractivity contribution is -0.116. The molecular formula is C16H16N2O. The summed E-state index contributed by atoms with van der Waals surface area (Å²) in [5.74, 6) is -0.284. The molecule has 0 radical (unpaired) electrons. The van der Waals surface area contributed by atoms with Crippen molar-refractivity contribution in [3.8, 4) is 0 Å². The van der Waals surface area contributed by atoms with E-state index in [1.807, 2.05) is 66.8 Å². The van der Waals surface area contributed by atoms with Gasteiger partial charge in [0.1, 0.15) is 0 Å². The van der Waals surface area contributed by atoms with Crippen molar-refractivity contribution in [3.05, 3.63) is 66.3 Å². The Bertz CT molecular complexity index is 553. The van der Waals surface area contributed by atoms with E-state index in [1.165, 1.54) is 0 Å². The van der Waals surface area contributed by atoms with Crippen LogP contribution in [0.25, 0.3) is 6.08 Å². The van der Waals surface area contributed by atoms with E-state index in [-0.39, 0.29) is 18.4 Å². The lowest BCUT2D eigenvalue weighted by Crippen LogP contribution is -2.17. The fourth-order valence-electron chi connectivity index (χ4n) is 1.79. The summed E-state index contributed by atoms with van der Waals surface area (Å²) in [5.41, 5.74) is 7.13. The van der Waals surface area contributed by atoms with Crippen LogP contribution in [0.5, 0.6) is 0 Å². The van der Waals surface area contributed by atoms with E-state index in [1.54, 1.807) is 0 Å². The Labute approximate surface area is 112 Å². The van der Waals surface area contributed by atoms with E-state index >= 15 is 0 Å². The Balaban J connectivity index is 2.16. The van der Waals surface area contributed by atoms with Crippen LogP contribution in [0.2, 0.25) is 0 Å². The topological polar surface area (TPSA) is 55.5 Å². The molecule has 0 saturated heterocycles. The highest BCUT2D eigenvalue weighted by molar-refractivity contribution is 6.06. The summed E-state index contributed by atoms with van der Waals surface area (Å²) < 4.78 is 0. The van der Waals surface area contributed by atoms with Gasteiger partial charge in [-0.1, -0.05) is 60.7 Å². The lowest BCUT2D eigenvalue weighted by atomic mass is 9.97. The SMILES string of the molecule is NCC(=O)N=C1C=CC=CC1C=Cc1ccccc1. The molecule has 1 aromatic carbocycles. The van der Waals surface area contributed by atoms with Crippen molar-refractivity contribution in [1.82, 2.24) is 0 Å². The highest BCUT2D eigenvalue weighted by Gasteiger charge is 2.10. The molecule has 0 aromatic heterocycles. The van der Waals surface area contributed by atoms with Gasteiger partial charge in [-0.3, -0.25) is 4.79 Å². The first-order valence-electron chi connectivity index (χ1n) is 6.19. The third kappa shape index (κ3) is 3.86. The minimum Gasteiger partial charge on any atom is -0.322 e. The third-order valence-corrected chi connectivity index (χ3v) is 2.76. The number of carbonyl (C=O) groups excluding carboxylic acids is 1. The number of rotatable bonds is 3. The molecular weight excluding hydrogens is 236 g/mol. The van der Waals surface area contributed by atoms with E-state index in [0.717, 1.165) is 11.3 Å². The van der Waals surface area contributed by atoms with Crippen LogP contribution in [0.1, 0.15) is 5.56 Å². The third-order valence-electron chi connectivity index (χ3n) is 2.76. The largest absolute Gasteiger partial charge is 0.322 e. The van der Waals surface area contributed by atoms with Crippen LogP contribution in [-0.4, -0.2) is 18.2 Å². The predicted molar refractivity (Wildman–Crippen MR) is 78.7 cm³/mol. The van der Waals surface area contributed by atoms with Gasteiger partial charge in [-0.2, -0.15) is 0 Å². The van der Waals surface area contributed by atoms with Gasteiger partial charge in [0.2, 0.25) is 0 Å². The predicted octanol–water partition coefficient (Wildman–Crippen LogP) is 2.37. The Morgan fingerprint density at radius 3 is 2.79 bits per heavy atom. The van der Waals surface area contributed by atoms with Gasteiger partial charge in [-0.15, -0.1) is 0 Å². The van der Waals surface area contributed by atoms with Crippen LogP contribution >= 0.6 is 0 Å². The molecule has 1 aliphatic carbocycles. The normalized spacial score (nSPS) is 20.3. The summed E-state index contributed by atoms with van der Waals surface area (Å²) in [7, 11) is 0. The highest BCUT2D eigenvalue weighted by atomic mass is 16.1. The first-order chi connectivity index (χ1) is 9.29. The van der Waals surface area contributed by atoms with Gasteiger partial charge in [-0.05, 0) is 11.6 Å². The van der Waals surface area contributed by atoms with Gasteiger partial charge in [0, 0.05) is 5.92 Å². The van der Waals surface area contributed by atoms with Gasteiger partial charge in [0.15, 0.2) is 0 Å². The van der Waals surface area contributed by atoms with Crippen molar-refractivity contribution in [2.75, 3.05) is 6.54 Å². The lowest BCUT2D eigenvalue weighted by Gasteiger charge is -2.11. The van der Waals surface area contributed by atoms with Crippen LogP contribution in [-0.2, 0) is 4.79 Å². The van der Waals surface area contributed by atoms with Crippen LogP contribution in [0.4, 0.5) is 0 Å². The minimum absolute atomic E-state index is 0.0145. The average Bonchev–Trinajstić information content (AvgIpc) is 2.47. The molecule has 1 aliphatic rings. The summed E-state index contributed by atoms with van der Waals surface area (Å²) in [6.07, 6.45) is 11.7. The molecule has 1 amide bonds. The number of hydrogen-bond acceptors (Lipinski definition) is 2. The van der Waals surface area contributed by atoms with E-state index in [2.05, 4.69) is 4.99 Å². The molecule has 96 valence electrons. The first-order valence-corrected chi connectivity index (χ1v) is 6.19. The maximum Gasteiger partial charge on any atom is 0.259 e. The summed E-state index contributed by atoms with van der Waals surface area (Å²) in [6.45, 7) is -0.0594. The first kappa shape index (κ1) is 13.2. The molecule has 0 bridgehead atoms. The number of carbonyl (C=O) groups is 1. The second-order valence-electron chi connectivity index (χ2n) is 4.17. The second kappa shape index (κ2) is 6.61. The van der Waals surface area contributed by atoms with Crippen LogP contribution in [0, 0.1) is 5.92 Å². The maximum atomic E-state index is 11.3. The van der Waals surface area contributed by atoms with Gasteiger partial charge in [0.25, 0.3) is 5.91 Å². The molecule has 1 unspecified atom stereocenters. The van der Waals surface area contributed by atoms with E-state index < -0.39 is 0 Å². The smallest absolute Gasteiger partial charge is 0.259 e. The number of benzene rings is 1. The van der Waals surface area contributed by atoms with Gasteiger partial charge in [-0.25, -0.2) is 4.99 Å². The molecule has 0 heterocycles. The molecule has 0 spiro atoms. The summed E-state index contributed by atoms with van der Waals surface area (Å²) in [4.78, 5) is 15.3. The standard InChI is InChI=1S/C16H16N2O/c17-12-16(19)18-15-9-5-4-8-14(15)11-10-13-6-2-1-3-7-13/h1-11,14H,12,17H2. The molecule has 1 atom stereocenters. The van der Waals surface area contributed by atoms with Crippen LogP contribution in [0.15, 0.2) is 65.7 Å². The van der Waals surface area contributed by atoms with Crippen molar-refractivity contribution in [2.24, 2.45) is 16.6 Å². The Kier molecular flexibility index (Phi) is 4.59. The maximum absolute atomic E-state index is 11.3. The minimum atomic E-state index is -0.298. The molecule has 3 nitrogen and oxygen atoms in total. The molecule has 0 saturated carbocycles. The zero-order valence-corrected chi connectivity index (χ0v) is 10.6. The molecule has 2 N–H and O–H groups in total. The molecule has 1 aromatic rings. The second-order valence-corrected chi connectivity index (χ2v) is 4.17. The van der Waals surface area contributed by atoms with Crippen LogP contribution < -0.4 is 5.73 Å². The summed E-state index contributed by atoms with van der Waals surface area (Å²) >= 11 is 0. The average molecular weight is 252 g/mol. The van der Waals surface area contributed by atoms with Crippen molar-refractivity contribution in [2.45, 2.75) is 0 Å². The van der Waals surface area contributed by atoms with Crippen molar-refractivity contribution < 1.29 is 4.79 Å². The highest BCUT2D eigenvalue weighted by Crippen LogP contribution is 2.14. The molecule has 3 heteroatoms. The number of allylic oxidation sites excluding steroid dienone is 5. The molecule has 0 aliphatic heterocycles. The zero-order chi connectivity index (χ0) is 13.5. The van der Waals surface area contributed by atoms with Gasteiger partial charge in [0.05, 0.1) is 12.3 Å². The Hall–Kier alpha value is -2.26. The van der Waals surface area contributed by atoms with Gasteiger partial charge < -0.3 is 5.73 Å². The van der Waals surface area contributed by atoms with Crippen molar-refractivity contribution >= 4 is 17.7 Å². The van der Waals surface area contributed by atoms with E-state index in [9.17, 15) is 4.79 Å². The fraction of sp³-hybridized carbons (Fsp3) is 0.125. The number of hydrogen-bond donors (Lipinski definition) is 1. The Morgan fingerprint density at radius 2 is 2.05 bits per heavy atom. The van der Waals surface area contributed by atoms with E-state index in [4.69, 9.17) is 5.73 Å². The van der Waals surface area contributed by atoms with Crippen molar-refractivity contribution in [3.63, 3.8) is 0 Å². The van der Waals surface area contributed by atoms with Crippen LogP contribution in [0.3, 0.4) is 0 Å². The molecule has 0 fully saturated rings. The quantitative estimate of drug-likeness (QED) is 0.897. The van der Waals surface area contributed by atoms with E-state index in [0.29, 0.717) is 0 Å². The number of nitrogens with zero attached hydrogens (tertiary/aromatic N) is 1. The fourth-order valence-corrected chi connectivity index (χ4v) is 1.79. The Morgan fingerprint density at radius 1 is 1.26 bits per heavy atom. The van der Waals surface area contributed by atoms with Gasteiger partial charge >= 0.3 is 0 Å². The monoisotopic (exact) mass is 252 g/mol. The number of nitrogens with two attached hydrogens (primary N) is 1.